The minimum absolute atomic E-state index is 0. The van der Waals surface area contributed by atoms with Crippen LogP contribution < -0.4 is 5.32 Å². The van der Waals surface area contributed by atoms with Crippen LogP contribution in [0.2, 0.25) is 0 Å². The lowest BCUT2D eigenvalue weighted by atomic mass is 10.1. The highest BCUT2D eigenvalue weighted by Crippen LogP contribution is 2.24. The van der Waals surface area contributed by atoms with Crippen LogP contribution in [0.15, 0.2) is 24.3 Å². The highest BCUT2D eigenvalue weighted by Gasteiger charge is 2.25. The van der Waals surface area contributed by atoms with Gasteiger partial charge in [0.15, 0.2) is 0 Å². The van der Waals surface area contributed by atoms with Gasteiger partial charge in [0.05, 0.1) is 0 Å². The molecule has 2 rings (SSSR count). The molecule has 1 aromatic rings. The summed E-state index contributed by atoms with van der Waals surface area (Å²) in [6, 6.07) is 7.05. The predicted octanol–water partition coefficient (Wildman–Crippen LogP) is 3.17. The number of rotatable bonds is 7. The van der Waals surface area contributed by atoms with Gasteiger partial charge in [-0.05, 0) is 44.0 Å². The summed E-state index contributed by atoms with van der Waals surface area (Å²) < 4.78 is 13.2. The van der Waals surface area contributed by atoms with Crippen molar-refractivity contribution >= 4 is 18.3 Å². The van der Waals surface area contributed by atoms with E-state index in [1.807, 2.05) is 18.0 Å². The molecule has 1 amide bonds. The average molecular weight is 329 g/mol. The Kier molecular flexibility index (Phi) is 8.43. The maximum atomic E-state index is 13.2. The molecule has 0 radical (unpaired) electrons. The molecule has 0 saturated heterocycles. The fourth-order valence-corrected chi connectivity index (χ4v) is 3.04. The summed E-state index contributed by atoms with van der Waals surface area (Å²) in [6.07, 6.45) is 5.89. The van der Waals surface area contributed by atoms with Crippen LogP contribution in [-0.4, -0.2) is 37.0 Å². The van der Waals surface area contributed by atoms with E-state index in [4.69, 9.17) is 0 Å². The normalized spacial score (nSPS) is 14.6. The summed E-state index contributed by atoms with van der Waals surface area (Å²) in [4.78, 5) is 14.4. The molecule has 3 nitrogen and oxygen atoms in total. The lowest BCUT2D eigenvalue weighted by molar-refractivity contribution is -0.133. The van der Waals surface area contributed by atoms with Crippen molar-refractivity contribution in [1.29, 1.82) is 0 Å². The van der Waals surface area contributed by atoms with E-state index in [1.165, 1.54) is 18.9 Å². The van der Waals surface area contributed by atoms with Gasteiger partial charge in [-0.25, -0.2) is 4.39 Å². The Labute approximate surface area is 138 Å². The average Bonchev–Trinajstić information content (AvgIpc) is 2.99. The van der Waals surface area contributed by atoms with Gasteiger partial charge in [-0.2, -0.15) is 0 Å². The summed E-state index contributed by atoms with van der Waals surface area (Å²) in [5.74, 6) is 0.00841. The number of benzene rings is 1. The third-order valence-electron chi connectivity index (χ3n) is 4.21. The summed E-state index contributed by atoms with van der Waals surface area (Å²) in [7, 11) is 1.86. The molecule has 0 bridgehead atoms. The van der Waals surface area contributed by atoms with Gasteiger partial charge in [-0.15, -0.1) is 12.4 Å². The molecule has 0 atom stereocenters. The second kappa shape index (κ2) is 9.80. The number of carbonyl (C=O) groups is 1. The molecule has 0 spiro atoms. The summed E-state index contributed by atoms with van der Waals surface area (Å²) in [6.45, 7) is 1.40. The standard InChI is InChI=1S/C17H25FN2O.ClH/c1-19-11-9-17(21)20(16-7-2-3-8-16)12-10-14-5-4-6-15(18)13-14;/h4-6,13,16,19H,2-3,7-12H2,1H3;1H. The van der Waals surface area contributed by atoms with E-state index in [9.17, 15) is 9.18 Å². The van der Waals surface area contributed by atoms with Gasteiger partial charge in [0.2, 0.25) is 5.91 Å². The van der Waals surface area contributed by atoms with Crippen LogP contribution in [0.5, 0.6) is 0 Å². The first-order valence-corrected chi connectivity index (χ1v) is 7.89. The Hall–Kier alpha value is -1.13. The van der Waals surface area contributed by atoms with E-state index in [2.05, 4.69) is 5.32 Å². The maximum Gasteiger partial charge on any atom is 0.224 e. The number of carbonyl (C=O) groups excluding carboxylic acids is 1. The lowest BCUT2D eigenvalue weighted by Gasteiger charge is -2.29. The van der Waals surface area contributed by atoms with E-state index in [1.54, 1.807) is 12.1 Å². The fourth-order valence-electron chi connectivity index (χ4n) is 3.04. The smallest absolute Gasteiger partial charge is 0.224 e. The van der Waals surface area contributed by atoms with Gasteiger partial charge in [-0.3, -0.25) is 4.79 Å². The van der Waals surface area contributed by atoms with Crippen LogP contribution in [-0.2, 0) is 11.2 Å². The Morgan fingerprint density at radius 3 is 2.73 bits per heavy atom. The lowest BCUT2D eigenvalue weighted by Crippen LogP contribution is -2.41. The van der Waals surface area contributed by atoms with E-state index in [0.717, 1.165) is 24.8 Å². The van der Waals surface area contributed by atoms with Crippen LogP contribution in [0.25, 0.3) is 0 Å². The van der Waals surface area contributed by atoms with E-state index in [0.29, 0.717) is 25.6 Å². The largest absolute Gasteiger partial charge is 0.339 e. The Bertz CT molecular complexity index is 464. The first kappa shape index (κ1) is 18.9. The van der Waals surface area contributed by atoms with Crippen LogP contribution in [0, 0.1) is 5.82 Å². The van der Waals surface area contributed by atoms with Crippen LogP contribution in [0.3, 0.4) is 0 Å². The molecule has 5 heteroatoms. The second-order valence-corrected chi connectivity index (χ2v) is 5.76. The zero-order valence-electron chi connectivity index (χ0n) is 13.2. The molecule has 1 fully saturated rings. The predicted molar refractivity (Wildman–Crippen MR) is 89.9 cm³/mol. The molecule has 22 heavy (non-hydrogen) atoms. The molecule has 1 aliphatic rings. The van der Waals surface area contributed by atoms with Gasteiger partial charge in [-0.1, -0.05) is 25.0 Å². The van der Waals surface area contributed by atoms with Gasteiger partial charge < -0.3 is 10.2 Å². The van der Waals surface area contributed by atoms with E-state index in [-0.39, 0.29) is 24.1 Å². The van der Waals surface area contributed by atoms with Crippen molar-refractivity contribution in [1.82, 2.24) is 10.2 Å². The molecular weight excluding hydrogens is 303 g/mol. The molecular formula is C17H26ClFN2O. The van der Waals surface area contributed by atoms with Crippen molar-refractivity contribution in [2.75, 3.05) is 20.1 Å². The number of nitrogens with one attached hydrogen (secondary N) is 1. The molecule has 1 saturated carbocycles. The van der Waals surface area contributed by atoms with Crippen molar-refractivity contribution < 1.29 is 9.18 Å². The third-order valence-corrected chi connectivity index (χ3v) is 4.21. The Balaban J connectivity index is 0.00000242. The fraction of sp³-hybridized carbons (Fsp3) is 0.588. The highest BCUT2D eigenvalue weighted by molar-refractivity contribution is 5.85. The third kappa shape index (κ3) is 5.58. The molecule has 0 heterocycles. The number of hydrogen-bond acceptors (Lipinski definition) is 2. The molecule has 1 aromatic carbocycles. The van der Waals surface area contributed by atoms with E-state index >= 15 is 0 Å². The summed E-state index contributed by atoms with van der Waals surface area (Å²) in [5, 5.41) is 3.03. The molecule has 124 valence electrons. The molecule has 0 unspecified atom stereocenters. The molecule has 1 aliphatic carbocycles. The molecule has 1 N–H and O–H groups in total. The van der Waals surface area contributed by atoms with Crippen molar-refractivity contribution in [3.8, 4) is 0 Å². The van der Waals surface area contributed by atoms with Crippen LogP contribution >= 0.6 is 12.4 Å². The minimum Gasteiger partial charge on any atom is -0.339 e. The molecule has 0 aromatic heterocycles. The minimum atomic E-state index is -0.207. The van der Waals surface area contributed by atoms with Crippen molar-refractivity contribution in [3.05, 3.63) is 35.6 Å². The van der Waals surface area contributed by atoms with Gasteiger partial charge >= 0.3 is 0 Å². The number of nitrogens with zero attached hydrogens (tertiary/aromatic N) is 1. The monoisotopic (exact) mass is 328 g/mol. The Morgan fingerprint density at radius 1 is 1.36 bits per heavy atom. The van der Waals surface area contributed by atoms with E-state index < -0.39 is 0 Å². The van der Waals surface area contributed by atoms with Gasteiger partial charge in [0, 0.05) is 25.6 Å². The number of hydrogen-bond donors (Lipinski definition) is 1. The van der Waals surface area contributed by atoms with Gasteiger partial charge in [0.1, 0.15) is 5.82 Å². The van der Waals surface area contributed by atoms with Crippen molar-refractivity contribution in [2.45, 2.75) is 44.6 Å². The SMILES string of the molecule is CNCCC(=O)N(CCc1cccc(F)c1)C1CCCC1.Cl. The van der Waals surface area contributed by atoms with Gasteiger partial charge in [0.25, 0.3) is 0 Å². The zero-order valence-corrected chi connectivity index (χ0v) is 14.0. The Morgan fingerprint density at radius 2 is 2.09 bits per heavy atom. The summed E-state index contributed by atoms with van der Waals surface area (Å²) >= 11 is 0. The van der Waals surface area contributed by atoms with Crippen LogP contribution in [0.1, 0.15) is 37.7 Å². The topological polar surface area (TPSA) is 32.3 Å². The first-order chi connectivity index (χ1) is 10.2. The quantitative estimate of drug-likeness (QED) is 0.833. The number of amides is 1. The maximum absolute atomic E-state index is 13.2. The van der Waals surface area contributed by atoms with Crippen molar-refractivity contribution in [3.63, 3.8) is 0 Å². The number of halogens is 2. The van der Waals surface area contributed by atoms with Crippen molar-refractivity contribution in [2.24, 2.45) is 0 Å². The highest BCUT2D eigenvalue weighted by atomic mass is 35.5. The molecule has 0 aliphatic heterocycles. The summed E-state index contributed by atoms with van der Waals surface area (Å²) in [5.41, 5.74) is 0.958. The zero-order chi connectivity index (χ0) is 15.1. The second-order valence-electron chi connectivity index (χ2n) is 5.76. The first-order valence-electron chi connectivity index (χ1n) is 7.89. The van der Waals surface area contributed by atoms with Crippen LogP contribution in [0.4, 0.5) is 4.39 Å².